The van der Waals surface area contributed by atoms with Crippen molar-refractivity contribution < 1.29 is 27.9 Å². The van der Waals surface area contributed by atoms with E-state index in [1.165, 1.54) is 43.3 Å². The standard InChI is InChI=1S/C25H22F2N2O4S/c1-16(24(31)28-14-17-6-8-18(26)9-7-17)33-25(32)21-4-2-3-5-22(21)34-15-23(30)29-20-12-10-19(27)11-13-20/h2-13,16H,14-15H2,1H3,(H,28,31)(H,29,30). The molecule has 2 amide bonds. The van der Waals surface area contributed by atoms with Crippen LogP contribution in [0.3, 0.4) is 0 Å². The second-order valence-corrected chi connectivity index (χ2v) is 8.25. The molecule has 0 saturated carbocycles. The molecule has 1 unspecified atom stereocenters. The molecule has 176 valence electrons. The van der Waals surface area contributed by atoms with Crippen LogP contribution in [-0.4, -0.2) is 29.6 Å². The van der Waals surface area contributed by atoms with Crippen molar-refractivity contribution in [3.8, 4) is 0 Å². The number of carbonyl (C=O) groups is 3. The van der Waals surface area contributed by atoms with Gasteiger partial charge in [0.15, 0.2) is 6.10 Å². The van der Waals surface area contributed by atoms with E-state index in [2.05, 4.69) is 10.6 Å². The summed E-state index contributed by atoms with van der Waals surface area (Å²) in [6.45, 7) is 1.61. The van der Waals surface area contributed by atoms with Crippen LogP contribution in [0.2, 0.25) is 0 Å². The van der Waals surface area contributed by atoms with Crippen molar-refractivity contribution in [1.82, 2.24) is 5.32 Å². The van der Waals surface area contributed by atoms with E-state index in [1.807, 2.05) is 0 Å². The molecule has 0 bridgehead atoms. The van der Waals surface area contributed by atoms with Crippen LogP contribution >= 0.6 is 11.8 Å². The third-order valence-corrected chi connectivity index (χ3v) is 5.70. The van der Waals surface area contributed by atoms with Gasteiger partial charge < -0.3 is 15.4 Å². The average molecular weight is 485 g/mol. The molecule has 1 atom stereocenters. The van der Waals surface area contributed by atoms with Crippen molar-refractivity contribution in [2.75, 3.05) is 11.1 Å². The minimum atomic E-state index is -1.06. The Labute approximate surface area is 199 Å². The highest BCUT2D eigenvalue weighted by atomic mass is 32.2. The summed E-state index contributed by atoms with van der Waals surface area (Å²) in [7, 11) is 0. The van der Waals surface area contributed by atoms with Gasteiger partial charge in [0.1, 0.15) is 11.6 Å². The van der Waals surface area contributed by atoms with Crippen molar-refractivity contribution in [2.24, 2.45) is 0 Å². The van der Waals surface area contributed by atoms with Crippen LogP contribution in [0.5, 0.6) is 0 Å². The number of hydrogen-bond acceptors (Lipinski definition) is 5. The van der Waals surface area contributed by atoms with Gasteiger partial charge in [-0.3, -0.25) is 9.59 Å². The Balaban J connectivity index is 1.53. The van der Waals surface area contributed by atoms with E-state index >= 15 is 0 Å². The summed E-state index contributed by atoms with van der Waals surface area (Å²) >= 11 is 1.13. The number of ether oxygens (including phenoxy) is 1. The van der Waals surface area contributed by atoms with Crippen LogP contribution in [0.15, 0.2) is 77.7 Å². The molecule has 0 heterocycles. The number of carbonyl (C=O) groups excluding carboxylic acids is 3. The van der Waals surface area contributed by atoms with Gasteiger partial charge >= 0.3 is 5.97 Å². The number of halogens is 2. The summed E-state index contributed by atoms with van der Waals surface area (Å²) in [5, 5.41) is 5.29. The number of thioether (sulfide) groups is 1. The van der Waals surface area contributed by atoms with Crippen molar-refractivity contribution in [3.05, 3.63) is 95.6 Å². The molecule has 0 saturated heterocycles. The van der Waals surface area contributed by atoms with Gasteiger partial charge in [0.2, 0.25) is 5.91 Å². The Morgan fingerprint density at radius 3 is 2.21 bits per heavy atom. The molecule has 34 heavy (non-hydrogen) atoms. The van der Waals surface area contributed by atoms with Gasteiger partial charge in [0, 0.05) is 17.1 Å². The van der Waals surface area contributed by atoms with E-state index < -0.39 is 23.8 Å². The van der Waals surface area contributed by atoms with Crippen LogP contribution in [0, 0.1) is 11.6 Å². The van der Waals surface area contributed by atoms with Gasteiger partial charge in [-0.2, -0.15) is 0 Å². The number of esters is 1. The Bertz CT molecular complexity index is 1150. The number of benzene rings is 3. The smallest absolute Gasteiger partial charge is 0.340 e. The lowest BCUT2D eigenvalue weighted by Crippen LogP contribution is -2.35. The molecule has 3 rings (SSSR count). The SMILES string of the molecule is CC(OC(=O)c1ccccc1SCC(=O)Nc1ccc(F)cc1)C(=O)NCc1ccc(F)cc1. The van der Waals surface area contributed by atoms with Gasteiger partial charge in [-0.05, 0) is 61.0 Å². The molecule has 3 aromatic rings. The molecule has 9 heteroatoms. The third kappa shape index (κ3) is 7.41. The first kappa shape index (κ1) is 24.9. The second kappa shape index (κ2) is 11.9. The molecule has 0 aliphatic rings. The first-order valence-corrected chi connectivity index (χ1v) is 11.3. The molecule has 6 nitrogen and oxygen atoms in total. The van der Waals surface area contributed by atoms with Crippen molar-refractivity contribution in [1.29, 1.82) is 0 Å². The highest BCUT2D eigenvalue weighted by Crippen LogP contribution is 2.24. The largest absolute Gasteiger partial charge is 0.449 e. The fraction of sp³-hybridized carbons (Fsp3) is 0.160. The van der Waals surface area contributed by atoms with Crippen molar-refractivity contribution >= 4 is 35.2 Å². The highest BCUT2D eigenvalue weighted by Gasteiger charge is 2.21. The predicted octanol–water partition coefficient (Wildman–Crippen LogP) is 4.56. The van der Waals surface area contributed by atoms with Gasteiger partial charge in [-0.15, -0.1) is 11.8 Å². The maximum absolute atomic E-state index is 13.0. The quantitative estimate of drug-likeness (QED) is 0.344. The van der Waals surface area contributed by atoms with E-state index in [0.717, 1.165) is 11.8 Å². The topological polar surface area (TPSA) is 84.5 Å². The average Bonchev–Trinajstić information content (AvgIpc) is 2.83. The van der Waals surface area contributed by atoms with Crippen molar-refractivity contribution in [3.63, 3.8) is 0 Å². The molecule has 2 N–H and O–H groups in total. The zero-order valence-electron chi connectivity index (χ0n) is 18.2. The molecule has 0 aromatic heterocycles. The molecule has 0 fully saturated rings. The maximum Gasteiger partial charge on any atom is 0.340 e. The van der Waals surface area contributed by atoms with E-state index in [9.17, 15) is 23.2 Å². The Morgan fingerprint density at radius 1 is 0.912 bits per heavy atom. The zero-order chi connectivity index (χ0) is 24.5. The molecular weight excluding hydrogens is 462 g/mol. The minimum Gasteiger partial charge on any atom is -0.449 e. The van der Waals surface area contributed by atoms with Gasteiger partial charge in [0.25, 0.3) is 5.91 Å². The number of anilines is 1. The summed E-state index contributed by atoms with van der Waals surface area (Å²) in [6.07, 6.45) is -1.06. The van der Waals surface area contributed by atoms with E-state index in [1.54, 1.807) is 36.4 Å². The van der Waals surface area contributed by atoms with Gasteiger partial charge in [-0.25, -0.2) is 13.6 Å². The zero-order valence-corrected chi connectivity index (χ0v) is 19.0. The van der Waals surface area contributed by atoms with Crippen LogP contribution in [0.25, 0.3) is 0 Å². The number of amides is 2. The van der Waals surface area contributed by atoms with E-state index in [-0.39, 0.29) is 29.6 Å². The fourth-order valence-electron chi connectivity index (χ4n) is 2.85. The van der Waals surface area contributed by atoms with Crippen LogP contribution in [-0.2, 0) is 20.9 Å². The Hall–Kier alpha value is -3.72. The minimum absolute atomic E-state index is 0.00930. The molecular formula is C25H22F2N2O4S. The van der Waals surface area contributed by atoms with Gasteiger partial charge in [0.05, 0.1) is 11.3 Å². The highest BCUT2D eigenvalue weighted by molar-refractivity contribution is 8.00. The van der Waals surface area contributed by atoms with E-state index in [0.29, 0.717) is 16.1 Å². The first-order chi connectivity index (χ1) is 16.3. The van der Waals surface area contributed by atoms with Crippen LogP contribution < -0.4 is 10.6 Å². The van der Waals surface area contributed by atoms with Gasteiger partial charge in [-0.1, -0.05) is 24.3 Å². The Kier molecular flexibility index (Phi) is 8.75. The number of nitrogens with one attached hydrogen (secondary N) is 2. The molecule has 0 spiro atoms. The fourth-order valence-corrected chi connectivity index (χ4v) is 3.69. The summed E-state index contributed by atoms with van der Waals surface area (Å²) in [5.41, 5.74) is 1.38. The summed E-state index contributed by atoms with van der Waals surface area (Å²) < 4.78 is 31.3. The van der Waals surface area contributed by atoms with Crippen LogP contribution in [0.4, 0.5) is 14.5 Å². The summed E-state index contributed by atoms with van der Waals surface area (Å²) in [6, 6.07) is 17.6. The van der Waals surface area contributed by atoms with E-state index in [4.69, 9.17) is 4.74 Å². The third-order valence-electron chi connectivity index (χ3n) is 4.63. The summed E-state index contributed by atoms with van der Waals surface area (Å²) in [5.74, 6) is -2.30. The molecule has 0 radical (unpaired) electrons. The summed E-state index contributed by atoms with van der Waals surface area (Å²) in [4.78, 5) is 37.7. The Morgan fingerprint density at radius 2 is 1.53 bits per heavy atom. The lowest BCUT2D eigenvalue weighted by Gasteiger charge is -2.15. The lowest BCUT2D eigenvalue weighted by molar-refractivity contribution is -0.129. The lowest BCUT2D eigenvalue weighted by atomic mass is 10.2. The maximum atomic E-state index is 13.0. The predicted molar refractivity (Wildman–Crippen MR) is 125 cm³/mol. The first-order valence-electron chi connectivity index (χ1n) is 10.3. The second-order valence-electron chi connectivity index (χ2n) is 7.23. The molecule has 0 aliphatic carbocycles. The molecule has 3 aromatic carbocycles. The van der Waals surface area contributed by atoms with Crippen LogP contribution in [0.1, 0.15) is 22.8 Å². The molecule has 0 aliphatic heterocycles. The normalized spacial score (nSPS) is 11.4. The monoisotopic (exact) mass is 484 g/mol. The number of hydrogen-bond donors (Lipinski definition) is 2. The number of rotatable bonds is 9. The van der Waals surface area contributed by atoms with Crippen molar-refractivity contribution in [2.45, 2.75) is 24.5 Å².